The van der Waals surface area contributed by atoms with Crippen molar-refractivity contribution in [2.24, 2.45) is 11.7 Å². The Bertz CT molecular complexity index is 312. The van der Waals surface area contributed by atoms with Gasteiger partial charge < -0.3 is 5.73 Å². The van der Waals surface area contributed by atoms with E-state index >= 15 is 0 Å². The van der Waals surface area contributed by atoms with E-state index < -0.39 is 0 Å². The monoisotopic (exact) mass is 209 g/mol. The second kappa shape index (κ2) is 3.56. The molecule has 0 aliphatic heterocycles. The molecular weight excluding hydrogens is 194 g/mol. The summed E-state index contributed by atoms with van der Waals surface area (Å²) in [5.74, 6) is 0.815. The molecule has 1 fully saturated rings. The number of halogens is 1. The van der Waals surface area contributed by atoms with Gasteiger partial charge in [0.05, 0.1) is 0 Å². The Morgan fingerprint density at radius 3 is 2.43 bits per heavy atom. The number of benzene rings is 1. The predicted molar refractivity (Wildman–Crippen MR) is 60.3 cm³/mol. The second-order valence-electron chi connectivity index (χ2n) is 4.35. The van der Waals surface area contributed by atoms with Crippen molar-refractivity contribution in [3.63, 3.8) is 0 Å². The summed E-state index contributed by atoms with van der Waals surface area (Å²) >= 11 is 5.84. The van der Waals surface area contributed by atoms with Crippen LogP contribution in [-0.2, 0) is 5.54 Å². The highest BCUT2D eigenvalue weighted by atomic mass is 35.5. The maximum absolute atomic E-state index is 6.30. The molecule has 0 saturated heterocycles. The van der Waals surface area contributed by atoms with Crippen molar-refractivity contribution in [1.82, 2.24) is 0 Å². The molecule has 0 amide bonds. The molecule has 14 heavy (non-hydrogen) atoms. The molecule has 2 N–H and O–H groups in total. The zero-order valence-electron chi connectivity index (χ0n) is 8.46. The SMILES string of the molecule is CCC1CC(N)(c2ccc(Cl)cc2)C1. The van der Waals surface area contributed by atoms with E-state index in [1.165, 1.54) is 12.0 Å². The lowest BCUT2D eigenvalue weighted by Crippen LogP contribution is -2.48. The number of nitrogens with two attached hydrogens (primary N) is 1. The van der Waals surface area contributed by atoms with Gasteiger partial charge in [-0.1, -0.05) is 37.1 Å². The lowest BCUT2D eigenvalue weighted by Gasteiger charge is -2.45. The Kier molecular flexibility index (Phi) is 2.54. The fourth-order valence-electron chi connectivity index (χ4n) is 2.28. The van der Waals surface area contributed by atoms with E-state index in [4.69, 9.17) is 17.3 Å². The van der Waals surface area contributed by atoms with Crippen molar-refractivity contribution in [3.8, 4) is 0 Å². The van der Waals surface area contributed by atoms with E-state index in [9.17, 15) is 0 Å². The molecule has 2 rings (SSSR count). The van der Waals surface area contributed by atoms with E-state index in [0.29, 0.717) is 0 Å². The average molecular weight is 210 g/mol. The van der Waals surface area contributed by atoms with Crippen molar-refractivity contribution < 1.29 is 0 Å². The molecule has 0 bridgehead atoms. The Morgan fingerprint density at radius 1 is 1.36 bits per heavy atom. The van der Waals surface area contributed by atoms with Gasteiger partial charge in [-0.05, 0) is 36.5 Å². The Labute approximate surface area is 90.3 Å². The average Bonchev–Trinajstić information content (AvgIpc) is 2.14. The fraction of sp³-hybridized carbons (Fsp3) is 0.500. The predicted octanol–water partition coefficient (Wildman–Crippen LogP) is 3.31. The molecule has 1 nitrogen and oxygen atoms in total. The molecule has 1 aromatic rings. The first kappa shape index (κ1) is 10.0. The Hall–Kier alpha value is -0.530. The van der Waals surface area contributed by atoms with Gasteiger partial charge in [0.1, 0.15) is 0 Å². The quantitative estimate of drug-likeness (QED) is 0.795. The van der Waals surface area contributed by atoms with Crippen LogP contribution in [0.4, 0.5) is 0 Å². The molecule has 0 heterocycles. The lowest BCUT2D eigenvalue weighted by atomic mass is 9.64. The Morgan fingerprint density at radius 2 is 1.93 bits per heavy atom. The smallest absolute Gasteiger partial charge is 0.0415 e. The summed E-state index contributed by atoms with van der Waals surface area (Å²) in [7, 11) is 0. The van der Waals surface area contributed by atoms with Gasteiger partial charge >= 0.3 is 0 Å². The number of hydrogen-bond donors (Lipinski definition) is 1. The molecule has 0 atom stereocenters. The van der Waals surface area contributed by atoms with Crippen LogP contribution in [0.3, 0.4) is 0 Å². The van der Waals surface area contributed by atoms with Crippen LogP contribution in [-0.4, -0.2) is 0 Å². The molecule has 76 valence electrons. The third kappa shape index (κ3) is 1.67. The first-order chi connectivity index (χ1) is 6.64. The van der Waals surface area contributed by atoms with Gasteiger partial charge in [-0.3, -0.25) is 0 Å². The van der Waals surface area contributed by atoms with Crippen molar-refractivity contribution in [2.75, 3.05) is 0 Å². The fourth-order valence-corrected chi connectivity index (χ4v) is 2.40. The molecule has 1 aliphatic rings. The lowest BCUT2D eigenvalue weighted by molar-refractivity contribution is 0.143. The third-order valence-corrected chi connectivity index (χ3v) is 3.55. The van der Waals surface area contributed by atoms with Crippen molar-refractivity contribution in [3.05, 3.63) is 34.9 Å². The van der Waals surface area contributed by atoms with E-state index in [1.54, 1.807) is 0 Å². The highest BCUT2D eigenvalue weighted by Crippen LogP contribution is 2.44. The van der Waals surface area contributed by atoms with Crippen molar-refractivity contribution in [1.29, 1.82) is 0 Å². The third-order valence-electron chi connectivity index (χ3n) is 3.30. The van der Waals surface area contributed by atoms with Crippen LogP contribution >= 0.6 is 11.6 Å². The van der Waals surface area contributed by atoms with E-state index in [0.717, 1.165) is 23.8 Å². The summed E-state index contributed by atoms with van der Waals surface area (Å²) in [5, 5.41) is 0.781. The van der Waals surface area contributed by atoms with Gasteiger partial charge in [-0.25, -0.2) is 0 Å². The molecule has 0 radical (unpaired) electrons. The number of rotatable bonds is 2. The Balaban J connectivity index is 2.13. The zero-order valence-corrected chi connectivity index (χ0v) is 9.22. The molecule has 1 aromatic carbocycles. The molecule has 0 spiro atoms. The summed E-state index contributed by atoms with van der Waals surface area (Å²) < 4.78 is 0. The van der Waals surface area contributed by atoms with Crippen LogP contribution in [0.5, 0.6) is 0 Å². The van der Waals surface area contributed by atoms with Crippen LogP contribution in [0.2, 0.25) is 5.02 Å². The van der Waals surface area contributed by atoms with Crippen molar-refractivity contribution in [2.45, 2.75) is 31.7 Å². The minimum atomic E-state index is -0.0781. The normalized spacial score (nSPS) is 31.2. The van der Waals surface area contributed by atoms with Gasteiger partial charge in [0.2, 0.25) is 0 Å². The van der Waals surface area contributed by atoms with Gasteiger partial charge in [0, 0.05) is 10.6 Å². The first-order valence-electron chi connectivity index (χ1n) is 5.19. The molecule has 0 aromatic heterocycles. The molecular formula is C12H16ClN. The minimum absolute atomic E-state index is 0.0781. The zero-order chi connectivity index (χ0) is 10.2. The van der Waals surface area contributed by atoms with Crippen LogP contribution in [0.15, 0.2) is 24.3 Å². The highest BCUT2D eigenvalue weighted by Gasteiger charge is 2.40. The van der Waals surface area contributed by atoms with E-state index in [-0.39, 0.29) is 5.54 Å². The molecule has 1 saturated carbocycles. The maximum Gasteiger partial charge on any atom is 0.0415 e. The molecule has 2 heteroatoms. The van der Waals surface area contributed by atoms with Crippen LogP contribution in [0.25, 0.3) is 0 Å². The van der Waals surface area contributed by atoms with Gasteiger partial charge in [-0.15, -0.1) is 0 Å². The van der Waals surface area contributed by atoms with E-state index in [2.05, 4.69) is 6.92 Å². The van der Waals surface area contributed by atoms with Gasteiger partial charge in [-0.2, -0.15) is 0 Å². The standard InChI is InChI=1S/C12H16ClN/c1-2-9-7-12(14,8-9)10-3-5-11(13)6-4-10/h3-6,9H,2,7-8,14H2,1H3. The van der Waals surface area contributed by atoms with Crippen LogP contribution in [0, 0.1) is 5.92 Å². The first-order valence-corrected chi connectivity index (χ1v) is 5.57. The topological polar surface area (TPSA) is 26.0 Å². The second-order valence-corrected chi connectivity index (χ2v) is 4.78. The van der Waals surface area contributed by atoms with Gasteiger partial charge in [0.25, 0.3) is 0 Å². The largest absolute Gasteiger partial charge is 0.321 e. The summed E-state index contributed by atoms with van der Waals surface area (Å²) in [6.45, 7) is 2.23. The summed E-state index contributed by atoms with van der Waals surface area (Å²) in [6, 6.07) is 7.94. The summed E-state index contributed by atoms with van der Waals surface area (Å²) in [6.07, 6.45) is 3.48. The maximum atomic E-state index is 6.30. The molecule has 1 aliphatic carbocycles. The van der Waals surface area contributed by atoms with Gasteiger partial charge in [0.15, 0.2) is 0 Å². The van der Waals surface area contributed by atoms with Crippen LogP contribution < -0.4 is 5.73 Å². The highest BCUT2D eigenvalue weighted by molar-refractivity contribution is 6.30. The molecule has 0 unspecified atom stereocenters. The van der Waals surface area contributed by atoms with Crippen molar-refractivity contribution >= 4 is 11.6 Å². The summed E-state index contributed by atoms with van der Waals surface area (Å²) in [4.78, 5) is 0. The summed E-state index contributed by atoms with van der Waals surface area (Å²) in [5.41, 5.74) is 7.45. The number of hydrogen-bond acceptors (Lipinski definition) is 1. The van der Waals surface area contributed by atoms with Crippen LogP contribution in [0.1, 0.15) is 31.7 Å². The minimum Gasteiger partial charge on any atom is -0.321 e. The van der Waals surface area contributed by atoms with E-state index in [1.807, 2.05) is 24.3 Å².